The van der Waals surface area contributed by atoms with Gasteiger partial charge in [0.1, 0.15) is 5.54 Å². The molecule has 2 N–H and O–H groups in total. The van der Waals surface area contributed by atoms with E-state index in [1.54, 1.807) is 14.0 Å². The molecule has 0 bridgehead atoms. The number of hydrogen-bond donors (Lipinski definition) is 2. The number of nitrogens with one attached hydrogen (secondary N) is 1. The zero-order valence-electron chi connectivity index (χ0n) is 12.7. The van der Waals surface area contributed by atoms with E-state index < -0.39 is 11.5 Å². The molecule has 1 aliphatic heterocycles. The molecule has 3 atom stereocenters. The van der Waals surface area contributed by atoms with Crippen LogP contribution in [0.25, 0.3) is 0 Å². The van der Waals surface area contributed by atoms with Gasteiger partial charge in [-0.05, 0) is 59.0 Å². The van der Waals surface area contributed by atoms with E-state index in [0.29, 0.717) is 18.6 Å². The molecule has 20 heavy (non-hydrogen) atoms. The monoisotopic (exact) mass is 284 g/mol. The molecule has 3 unspecified atom stereocenters. The van der Waals surface area contributed by atoms with Crippen LogP contribution in [0.15, 0.2) is 0 Å². The maximum atomic E-state index is 11.2. The Morgan fingerprint density at radius 3 is 2.95 bits per heavy atom. The molecule has 1 saturated carbocycles. The van der Waals surface area contributed by atoms with E-state index in [4.69, 9.17) is 4.74 Å². The Bertz CT molecular complexity index is 337. The second-order valence-electron chi connectivity index (χ2n) is 6.29. The van der Waals surface area contributed by atoms with Gasteiger partial charge in [0.25, 0.3) is 0 Å². The lowest BCUT2D eigenvalue weighted by Crippen LogP contribution is -2.49. The summed E-state index contributed by atoms with van der Waals surface area (Å²) in [6.45, 7) is 4.72. The molecule has 2 rings (SSSR count). The molecular weight excluding hydrogens is 256 g/mol. The van der Waals surface area contributed by atoms with Crippen LogP contribution in [0.1, 0.15) is 45.4 Å². The summed E-state index contributed by atoms with van der Waals surface area (Å²) in [6, 6.07) is 0.610. The molecule has 116 valence electrons. The van der Waals surface area contributed by atoms with Crippen LogP contribution in [0.4, 0.5) is 0 Å². The fourth-order valence-corrected chi connectivity index (χ4v) is 3.42. The molecule has 2 aliphatic rings. The highest BCUT2D eigenvalue weighted by molar-refractivity contribution is 5.78. The predicted octanol–water partition coefficient (Wildman–Crippen LogP) is 1.47. The van der Waals surface area contributed by atoms with Crippen molar-refractivity contribution in [3.8, 4) is 0 Å². The summed E-state index contributed by atoms with van der Waals surface area (Å²) in [4.78, 5) is 13.8. The second-order valence-corrected chi connectivity index (χ2v) is 6.29. The van der Waals surface area contributed by atoms with Crippen molar-refractivity contribution in [2.24, 2.45) is 0 Å². The number of nitrogens with zero attached hydrogens (tertiary/aromatic N) is 1. The van der Waals surface area contributed by atoms with Crippen molar-refractivity contribution < 1.29 is 14.6 Å². The average molecular weight is 284 g/mol. The van der Waals surface area contributed by atoms with Crippen molar-refractivity contribution in [1.29, 1.82) is 0 Å². The first-order chi connectivity index (χ1) is 9.57. The fourth-order valence-electron chi connectivity index (χ4n) is 3.42. The summed E-state index contributed by atoms with van der Waals surface area (Å²) in [7, 11) is 1.72. The fraction of sp³-hybridized carbons (Fsp3) is 0.933. The van der Waals surface area contributed by atoms with E-state index >= 15 is 0 Å². The summed E-state index contributed by atoms with van der Waals surface area (Å²) in [5, 5.41) is 12.1. The number of fused-ring (bicyclic) bond motifs is 1. The van der Waals surface area contributed by atoms with Crippen molar-refractivity contribution in [3.63, 3.8) is 0 Å². The van der Waals surface area contributed by atoms with Gasteiger partial charge in [-0.15, -0.1) is 0 Å². The molecular formula is C15H28N2O3. The van der Waals surface area contributed by atoms with Crippen LogP contribution in [0.2, 0.25) is 0 Å². The third kappa shape index (κ3) is 3.51. The van der Waals surface area contributed by atoms with Gasteiger partial charge in [0, 0.05) is 12.6 Å². The standard InChI is InChI=1S/C15H28N2O3/c1-15(16-2,14(18)19)8-3-4-9-17-10-11-20-13-7-5-6-12(13)17/h12-13,16H,3-11H2,1-2H3,(H,18,19). The first-order valence-corrected chi connectivity index (χ1v) is 7.85. The Balaban J connectivity index is 1.71. The van der Waals surface area contributed by atoms with Gasteiger partial charge in [-0.3, -0.25) is 9.69 Å². The number of likely N-dealkylation sites (N-methyl/N-ethyl adjacent to an activating group) is 1. The summed E-state index contributed by atoms with van der Waals surface area (Å²) >= 11 is 0. The van der Waals surface area contributed by atoms with E-state index in [9.17, 15) is 9.90 Å². The molecule has 1 heterocycles. The number of hydrogen-bond acceptors (Lipinski definition) is 4. The summed E-state index contributed by atoms with van der Waals surface area (Å²) in [5.41, 5.74) is -0.791. The first-order valence-electron chi connectivity index (χ1n) is 7.85. The highest BCUT2D eigenvalue weighted by Gasteiger charge is 2.35. The summed E-state index contributed by atoms with van der Waals surface area (Å²) < 4.78 is 5.81. The number of rotatable bonds is 7. The number of morpholine rings is 1. The number of aliphatic carboxylic acids is 1. The lowest BCUT2D eigenvalue weighted by Gasteiger charge is -2.37. The molecule has 0 aromatic rings. The lowest BCUT2D eigenvalue weighted by atomic mass is 9.95. The van der Waals surface area contributed by atoms with Gasteiger partial charge < -0.3 is 15.2 Å². The zero-order chi connectivity index (χ0) is 14.6. The Hall–Kier alpha value is -0.650. The molecule has 1 saturated heterocycles. The Labute approximate surface area is 121 Å². The smallest absolute Gasteiger partial charge is 0.323 e. The average Bonchev–Trinajstić information content (AvgIpc) is 2.92. The maximum Gasteiger partial charge on any atom is 0.323 e. The molecule has 0 aromatic carbocycles. The summed E-state index contributed by atoms with van der Waals surface area (Å²) in [5.74, 6) is -0.762. The van der Waals surface area contributed by atoms with Gasteiger partial charge in [0.2, 0.25) is 0 Å². The highest BCUT2D eigenvalue weighted by atomic mass is 16.5. The number of carboxylic acid groups (broad SMARTS) is 1. The van der Waals surface area contributed by atoms with Gasteiger partial charge in [0.15, 0.2) is 0 Å². The van der Waals surface area contributed by atoms with Crippen LogP contribution in [-0.2, 0) is 9.53 Å². The molecule has 0 aromatic heterocycles. The van der Waals surface area contributed by atoms with Gasteiger partial charge in [-0.1, -0.05) is 0 Å². The van der Waals surface area contributed by atoms with Crippen LogP contribution < -0.4 is 5.32 Å². The van der Waals surface area contributed by atoms with E-state index in [1.165, 1.54) is 19.3 Å². The minimum Gasteiger partial charge on any atom is -0.480 e. The first kappa shape index (κ1) is 15.7. The van der Waals surface area contributed by atoms with Gasteiger partial charge in [-0.2, -0.15) is 0 Å². The molecule has 0 amide bonds. The van der Waals surface area contributed by atoms with E-state index in [-0.39, 0.29) is 0 Å². The predicted molar refractivity (Wildman–Crippen MR) is 77.9 cm³/mol. The van der Waals surface area contributed by atoms with Crippen LogP contribution in [-0.4, -0.2) is 60.4 Å². The van der Waals surface area contributed by atoms with Crippen molar-refractivity contribution in [3.05, 3.63) is 0 Å². The van der Waals surface area contributed by atoms with Crippen LogP contribution >= 0.6 is 0 Å². The van der Waals surface area contributed by atoms with E-state index in [0.717, 1.165) is 32.5 Å². The minimum absolute atomic E-state index is 0.449. The van der Waals surface area contributed by atoms with Gasteiger partial charge in [0.05, 0.1) is 12.7 Å². The summed E-state index contributed by atoms with van der Waals surface area (Å²) in [6.07, 6.45) is 6.88. The highest BCUT2D eigenvalue weighted by Crippen LogP contribution is 2.29. The zero-order valence-corrected chi connectivity index (χ0v) is 12.7. The van der Waals surface area contributed by atoms with Crippen molar-refractivity contribution >= 4 is 5.97 Å². The number of unbranched alkanes of at least 4 members (excludes halogenated alkanes) is 1. The van der Waals surface area contributed by atoms with Crippen molar-refractivity contribution in [1.82, 2.24) is 10.2 Å². The van der Waals surface area contributed by atoms with Gasteiger partial charge >= 0.3 is 5.97 Å². The molecule has 1 aliphatic carbocycles. The number of ether oxygens (including phenoxy) is 1. The molecule has 5 heteroatoms. The molecule has 0 spiro atoms. The van der Waals surface area contributed by atoms with E-state index in [1.807, 2.05) is 0 Å². The Morgan fingerprint density at radius 2 is 2.25 bits per heavy atom. The Morgan fingerprint density at radius 1 is 1.45 bits per heavy atom. The van der Waals surface area contributed by atoms with Crippen molar-refractivity contribution in [2.75, 3.05) is 26.7 Å². The quantitative estimate of drug-likeness (QED) is 0.693. The van der Waals surface area contributed by atoms with Gasteiger partial charge in [-0.25, -0.2) is 0 Å². The van der Waals surface area contributed by atoms with Crippen LogP contribution in [0.3, 0.4) is 0 Å². The topological polar surface area (TPSA) is 61.8 Å². The van der Waals surface area contributed by atoms with Crippen molar-refractivity contribution in [2.45, 2.75) is 63.1 Å². The normalized spacial score (nSPS) is 29.9. The molecule has 2 fully saturated rings. The second kappa shape index (κ2) is 6.87. The third-order valence-electron chi connectivity index (χ3n) is 4.99. The Kier molecular flexibility index (Phi) is 5.41. The largest absolute Gasteiger partial charge is 0.480 e. The van der Waals surface area contributed by atoms with E-state index in [2.05, 4.69) is 10.2 Å². The minimum atomic E-state index is -0.791. The SMILES string of the molecule is CNC(C)(CCCCN1CCOC2CCCC21)C(=O)O. The van der Waals surface area contributed by atoms with Crippen LogP contribution in [0.5, 0.6) is 0 Å². The third-order valence-corrected chi connectivity index (χ3v) is 4.99. The molecule has 5 nitrogen and oxygen atoms in total. The maximum absolute atomic E-state index is 11.2. The lowest BCUT2D eigenvalue weighted by molar-refractivity contribution is -0.144. The number of carboxylic acids is 1. The number of carbonyl (C=O) groups is 1. The molecule has 0 radical (unpaired) electrons. The van der Waals surface area contributed by atoms with Crippen LogP contribution in [0, 0.1) is 0 Å².